The Kier molecular flexibility index (Phi) is 11.0. The van der Waals surface area contributed by atoms with E-state index < -0.39 is 0 Å². The van der Waals surface area contributed by atoms with Crippen LogP contribution in [0.1, 0.15) is 20.8 Å². The maximum Gasteiger partial charge on any atom is 0.191 e. The Labute approximate surface area is 151 Å². The van der Waals surface area contributed by atoms with Gasteiger partial charge in [0.15, 0.2) is 5.96 Å². The zero-order chi connectivity index (χ0) is 15.0. The van der Waals surface area contributed by atoms with Crippen molar-refractivity contribution in [2.24, 2.45) is 4.99 Å². The molecular formula is C14H31IN4OS. The molecule has 0 saturated carbocycles. The molecule has 0 bridgehead atoms. The summed E-state index contributed by atoms with van der Waals surface area (Å²) < 4.78 is 5.92. The standard InChI is InChI=1S/C14H30N4OS.HI/c1-6-15-13(17-11-14(2,3)20-5)16-9-12-10-18(4)7-8-19-12;/h12H,6-11H2,1-5H3,(H2,15,16,17);1H. The van der Waals surface area contributed by atoms with E-state index in [4.69, 9.17) is 4.74 Å². The van der Waals surface area contributed by atoms with Gasteiger partial charge in [0, 0.05) is 30.9 Å². The van der Waals surface area contributed by atoms with Gasteiger partial charge in [-0.15, -0.1) is 24.0 Å². The number of guanidine groups is 1. The first-order valence-electron chi connectivity index (χ1n) is 7.34. The van der Waals surface area contributed by atoms with Crippen LogP contribution in [0, 0.1) is 0 Å². The number of hydrogen-bond donors (Lipinski definition) is 2. The molecule has 0 aromatic rings. The van der Waals surface area contributed by atoms with Gasteiger partial charge in [-0.1, -0.05) is 0 Å². The largest absolute Gasteiger partial charge is 0.374 e. The number of nitrogens with zero attached hydrogens (tertiary/aromatic N) is 2. The summed E-state index contributed by atoms with van der Waals surface area (Å²) in [5.74, 6) is 0.881. The molecule has 2 N–H and O–H groups in total. The van der Waals surface area contributed by atoms with Crippen LogP contribution in [0.5, 0.6) is 0 Å². The SMILES string of the molecule is CCNC(=NCC(C)(C)SC)NCC1CN(C)CCO1.I. The second-order valence-electron chi connectivity index (χ2n) is 5.79. The maximum absolute atomic E-state index is 5.75. The molecule has 5 nitrogen and oxygen atoms in total. The van der Waals surface area contributed by atoms with Crippen molar-refractivity contribution in [1.29, 1.82) is 0 Å². The van der Waals surface area contributed by atoms with E-state index in [9.17, 15) is 0 Å². The van der Waals surface area contributed by atoms with Gasteiger partial charge in [-0.25, -0.2) is 0 Å². The van der Waals surface area contributed by atoms with E-state index in [1.54, 1.807) is 0 Å². The van der Waals surface area contributed by atoms with E-state index >= 15 is 0 Å². The zero-order valence-corrected chi connectivity index (χ0v) is 17.1. The molecule has 1 atom stereocenters. The Morgan fingerprint density at radius 3 is 2.71 bits per heavy atom. The summed E-state index contributed by atoms with van der Waals surface area (Å²) in [5, 5.41) is 6.68. The Morgan fingerprint density at radius 2 is 2.14 bits per heavy atom. The third-order valence-electron chi connectivity index (χ3n) is 3.35. The molecule has 1 rings (SSSR count). The highest BCUT2D eigenvalue weighted by Crippen LogP contribution is 2.20. The minimum Gasteiger partial charge on any atom is -0.374 e. The summed E-state index contributed by atoms with van der Waals surface area (Å²) >= 11 is 1.84. The molecule has 1 heterocycles. The van der Waals surface area contributed by atoms with Gasteiger partial charge in [-0.05, 0) is 34.1 Å². The number of likely N-dealkylation sites (N-methyl/N-ethyl adjacent to an activating group) is 1. The molecule has 0 aromatic carbocycles. The quantitative estimate of drug-likeness (QED) is 0.381. The highest BCUT2D eigenvalue weighted by atomic mass is 127. The lowest BCUT2D eigenvalue weighted by molar-refractivity contribution is -0.0161. The number of aliphatic imine (C=N–C) groups is 1. The molecule has 1 fully saturated rings. The predicted molar refractivity (Wildman–Crippen MR) is 104 cm³/mol. The van der Waals surface area contributed by atoms with Crippen LogP contribution in [-0.2, 0) is 4.74 Å². The van der Waals surface area contributed by atoms with Crippen LogP contribution in [0.15, 0.2) is 4.99 Å². The molecule has 0 radical (unpaired) electrons. The molecule has 1 aliphatic heterocycles. The Morgan fingerprint density at radius 1 is 1.43 bits per heavy atom. The van der Waals surface area contributed by atoms with Gasteiger partial charge in [0.2, 0.25) is 0 Å². The second kappa shape index (κ2) is 10.9. The fourth-order valence-electron chi connectivity index (χ4n) is 1.88. The highest BCUT2D eigenvalue weighted by molar-refractivity contribution is 14.0. The van der Waals surface area contributed by atoms with E-state index in [-0.39, 0.29) is 34.8 Å². The lowest BCUT2D eigenvalue weighted by Gasteiger charge is -2.30. The van der Waals surface area contributed by atoms with Crippen molar-refractivity contribution >= 4 is 41.7 Å². The number of thioether (sulfide) groups is 1. The molecule has 126 valence electrons. The van der Waals surface area contributed by atoms with Crippen LogP contribution in [0.2, 0.25) is 0 Å². The molecule has 0 aromatic heterocycles. The third kappa shape index (κ3) is 9.10. The van der Waals surface area contributed by atoms with Crippen LogP contribution in [0.3, 0.4) is 0 Å². The van der Waals surface area contributed by atoms with Gasteiger partial charge in [0.25, 0.3) is 0 Å². The van der Waals surface area contributed by atoms with Gasteiger partial charge in [0.1, 0.15) is 0 Å². The summed E-state index contributed by atoms with van der Waals surface area (Å²) in [4.78, 5) is 6.97. The van der Waals surface area contributed by atoms with Crippen molar-refractivity contribution in [3.8, 4) is 0 Å². The average molecular weight is 430 g/mol. The topological polar surface area (TPSA) is 48.9 Å². The highest BCUT2D eigenvalue weighted by Gasteiger charge is 2.18. The molecule has 21 heavy (non-hydrogen) atoms. The molecular weight excluding hydrogens is 399 g/mol. The first-order chi connectivity index (χ1) is 9.46. The number of nitrogens with one attached hydrogen (secondary N) is 2. The maximum atomic E-state index is 5.75. The molecule has 1 saturated heterocycles. The van der Waals surface area contributed by atoms with Crippen LogP contribution in [0.25, 0.3) is 0 Å². The van der Waals surface area contributed by atoms with E-state index in [0.717, 1.165) is 45.3 Å². The fourth-order valence-corrected chi connectivity index (χ4v) is 2.07. The van der Waals surface area contributed by atoms with Crippen LogP contribution >= 0.6 is 35.7 Å². The average Bonchev–Trinajstić information content (AvgIpc) is 2.42. The lowest BCUT2D eigenvalue weighted by atomic mass is 10.2. The van der Waals surface area contributed by atoms with Crippen molar-refractivity contribution in [1.82, 2.24) is 15.5 Å². The number of ether oxygens (including phenoxy) is 1. The lowest BCUT2D eigenvalue weighted by Crippen LogP contribution is -2.48. The Hall–Kier alpha value is 0.270. The molecule has 1 unspecified atom stereocenters. The zero-order valence-electron chi connectivity index (χ0n) is 13.9. The van der Waals surface area contributed by atoms with Gasteiger partial charge in [-0.3, -0.25) is 4.99 Å². The van der Waals surface area contributed by atoms with Crippen molar-refractivity contribution in [3.63, 3.8) is 0 Å². The Balaban J connectivity index is 0.00000400. The first-order valence-corrected chi connectivity index (χ1v) is 8.57. The van der Waals surface area contributed by atoms with E-state index in [1.165, 1.54) is 0 Å². The molecule has 7 heteroatoms. The normalized spacial score (nSPS) is 20.8. The number of hydrogen-bond acceptors (Lipinski definition) is 4. The molecule has 1 aliphatic rings. The molecule has 0 aliphatic carbocycles. The van der Waals surface area contributed by atoms with E-state index in [1.807, 2.05) is 11.8 Å². The number of morpholine rings is 1. The smallest absolute Gasteiger partial charge is 0.191 e. The summed E-state index contributed by atoms with van der Waals surface area (Å²) in [6.45, 7) is 11.8. The monoisotopic (exact) mass is 430 g/mol. The summed E-state index contributed by atoms with van der Waals surface area (Å²) in [6, 6.07) is 0. The fraction of sp³-hybridized carbons (Fsp3) is 0.929. The number of halogens is 1. The minimum atomic E-state index is 0. The van der Waals surface area contributed by atoms with Crippen LogP contribution < -0.4 is 10.6 Å². The van der Waals surface area contributed by atoms with Gasteiger partial charge >= 0.3 is 0 Å². The van der Waals surface area contributed by atoms with Crippen molar-refractivity contribution in [2.75, 3.05) is 52.6 Å². The van der Waals surface area contributed by atoms with Crippen LogP contribution in [0.4, 0.5) is 0 Å². The second-order valence-corrected chi connectivity index (χ2v) is 7.31. The van der Waals surface area contributed by atoms with Gasteiger partial charge < -0.3 is 20.3 Å². The molecule has 0 spiro atoms. The van der Waals surface area contributed by atoms with Crippen LogP contribution in [-0.4, -0.2) is 74.3 Å². The van der Waals surface area contributed by atoms with Gasteiger partial charge in [0.05, 0.1) is 19.3 Å². The van der Waals surface area contributed by atoms with Crippen molar-refractivity contribution < 1.29 is 4.74 Å². The van der Waals surface area contributed by atoms with Crippen molar-refractivity contribution in [3.05, 3.63) is 0 Å². The van der Waals surface area contributed by atoms with Crippen molar-refractivity contribution in [2.45, 2.75) is 31.6 Å². The summed E-state index contributed by atoms with van der Waals surface area (Å²) in [5.41, 5.74) is 0. The van der Waals surface area contributed by atoms with E-state index in [0.29, 0.717) is 0 Å². The number of rotatable bonds is 6. The predicted octanol–water partition coefficient (Wildman–Crippen LogP) is 1.63. The summed E-state index contributed by atoms with van der Waals surface area (Å²) in [7, 11) is 2.13. The molecule has 0 amide bonds. The van der Waals surface area contributed by atoms with Gasteiger partial charge in [-0.2, -0.15) is 11.8 Å². The minimum absolute atomic E-state index is 0. The third-order valence-corrected chi connectivity index (χ3v) is 4.59. The van der Waals surface area contributed by atoms with E-state index in [2.05, 4.69) is 54.6 Å². The summed E-state index contributed by atoms with van der Waals surface area (Å²) in [6.07, 6.45) is 2.37. The Bertz CT molecular complexity index is 315. The first kappa shape index (κ1) is 21.3.